The number of allylic oxidation sites excluding steroid dienone is 1. The lowest BCUT2D eigenvalue weighted by atomic mass is 9.94. The molecule has 1 aromatic carbocycles. The van der Waals surface area contributed by atoms with Crippen LogP contribution in [0.3, 0.4) is 0 Å². The Balaban J connectivity index is 2.35. The second-order valence-electron chi connectivity index (χ2n) is 7.44. The van der Waals surface area contributed by atoms with Crippen LogP contribution in [0.5, 0.6) is 0 Å². The molecule has 2 rings (SSSR count). The first-order valence-electron chi connectivity index (χ1n) is 8.88. The molecule has 0 radical (unpaired) electrons. The molecule has 1 aliphatic heterocycles. The van der Waals surface area contributed by atoms with Crippen LogP contribution in [0.15, 0.2) is 35.5 Å². The van der Waals surface area contributed by atoms with Gasteiger partial charge < -0.3 is 20.3 Å². The Morgan fingerprint density at radius 2 is 1.85 bits per heavy atom. The largest absolute Gasteiger partial charge is 0.466 e. The zero-order valence-corrected chi connectivity index (χ0v) is 17.5. The molecule has 146 valence electrons. The standard InChI is InChI=1S/C20H27N3O3S/c1-7-23-12(2)15(17(24)26-6)16(22-19(23)27)13-8-10-14(11-9-13)21-18(25)20(3,4)5/h8-11,16H,7H2,1-6H3,(H,21,25)(H,22,27)/t16-/m0/s1. The molecular weight excluding hydrogens is 362 g/mol. The molecule has 0 saturated carbocycles. The zero-order chi connectivity index (χ0) is 20.4. The predicted molar refractivity (Wildman–Crippen MR) is 110 cm³/mol. The molecular formula is C20H27N3O3S. The fourth-order valence-electron chi connectivity index (χ4n) is 2.86. The van der Waals surface area contributed by atoms with Crippen molar-refractivity contribution in [3.8, 4) is 0 Å². The van der Waals surface area contributed by atoms with Gasteiger partial charge >= 0.3 is 5.97 Å². The number of hydrogen-bond acceptors (Lipinski definition) is 4. The molecule has 0 unspecified atom stereocenters. The second kappa shape index (κ2) is 8.08. The first-order valence-corrected chi connectivity index (χ1v) is 9.29. The lowest BCUT2D eigenvalue weighted by Gasteiger charge is -2.36. The number of methoxy groups -OCH3 is 1. The molecule has 2 N–H and O–H groups in total. The summed E-state index contributed by atoms with van der Waals surface area (Å²) < 4.78 is 4.99. The molecule has 1 heterocycles. The molecule has 1 aromatic rings. The van der Waals surface area contributed by atoms with Gasteiger partial charge in [-0.15, -0.1) is 0 Å². The predicted octanol–water partition coefficient (Wildman–Crippen LogP) is 3.37. The molecule has 0 aliphatic carbocycles. The van der Waals surface area contributed by atoms with Crippen LogP contribution >= 0.6 is 12.2 Å². The van der Waals surface area contributed by atoms with Crippen molar-refractivity contribution in [2.45, 2.75) is 40.7 Å². The average molecular weight is 390 g/mol. The Morgan fingerprint density at radius 1 is 1.26 bits per heavy atom. The Bertz CT molecular complexity index is 779. The van der Waals surface area contributed by atoms with Crippen molar-refractivity contribution in [1.29, 1.82) is 0 Å². The maximum atomic E-state index is 12.4. The van der Waals surface area contributed by atoms with E-state index in [-0.39, 0.29) is 5.91 Å². The highest BCUT2D eigenvalue weighted by molar-refractivity contribution is 7.80. The van der Waals surface area contributed by atoms with Crippen LogP contribution in [0.4, 0.5) is 5.69 Å². The van der Waals surface area contributed by atoms with Crippen LogP contribution in [-0.2, 0) is 14.3 Å². The van der Waals surface area contributed by atoms with Crippen LogP contribution in [0.2, 0.25) is 0 Å². The van der Waals surface area contributed by atoms with E-state index in [4.69, 9.17) is 17.0 Å². The number of carbonyl (C=O) groups excluding carboxylic acids is 2. The third kappa shape index (κ3) is 4.47. The molecule has 0 spiro atoms. The quantitative estimate of drug-likeness (QED) is 0.608. The normalized spacial score (nSPS) is 17.5. The lowest BCUT2D eigenvalue weighted by Crippen LogP contribution is -2.47. The Labute approximate surface area is 166 Å². The third-order valence-electron chi connectivity index (χ3n) is 4.50. The smallest absolute Gasteiger partial charge is 0.337 e. The summed E-state index contributed by atoms with van der Waals surface area (Å²) in [7, 11) is 1.37. The van der Waals surface area contributed by atoms with E-state index >= 15 is 0 Å². The number of benzene rings is 1. The van der Waals surface area contributed by atoms with E-state index in [0.717, 1.165) is 11.3 Å². The highest BCUT2D eigenvalue weighted by atomic mass is 32.1. The first-order chi connectivity index (χ1) is 12.6. The summed E-state index contributed by atoms with van der Waals surface area (Å²) in [6.45, 7) is 10.1. The minimum absolute atomic E-state index is 0.0585. The van der Waals surface area contributed by atoms with Gasteiger partial charge in [-0.2, -0.15) is 0 Å². The SMILES string of the molecule is CCN1C(=S)N[C@@H](c2ccc(NC(=O)C(C)(C)C)cc2)C(C(=O)OC)=C1C. The number of hydrogen-bond donors (Lipinski definition) is 2. The molecule has 0 bridgehead atoms. The Hall–Kier alpha value is -2.41. The molecule has 0 fully saturated rings. The van der Waals surface area contributed by atoms with E-state index in [1.54, 1.807) is 0 Å². The first kappa shape index (κ1) is 20.9. The van der Waals surface area contributed by atoms with Crippen LogP contribution in [0.1, 0.15) is 46.2 Å². The molecule has 0 saturated heterocycles. The number of amides is 1. The third-order valence-corrected chi connectivity index (χ3v) is 4.84. The van der Waals surface area contributed by atoms with Crippen LogP contribution in [0, 0.1) is 5.41 Å². The van der Waals surface area contributed by atoms with Crippen molar-refractivity contribution in [2.24, 2.45) is 5.41 Å². The summed E-state index contributed by atoms with van der Waals surface area (Å²) in [6.07, 6.45) is 0. The summed E-state index contributed by atoms with van der Waals surface area (Å²) in [6, 6.07) is 6.98. The monoisotopic (exact) mass is 389 g/mol. The number of esters is 1. The molecule has 27 heavy (non-hydrogen) atoms. The number of nitrogens with zero attached hydrogens (tertiary/aromatic N) is 1. The molecule has 0 aromatic heterocycles. The number of ether oxygens (including phenoxy) is 1. The number of carbonyl (C=O) groups is 2. The van der Waals surface area contributed by atoms with E-state index in [1.165, 1.54) is 7.11 Å². The number of rotatable bonds is 4. The van der Waals surface area contributed by atoms with Gasteiger partial charge in [0.1, 0.15) is 0 Å². The maximum Gasteiger partial charge on any atom is 0.337 e. The van der Waals surface area contributed by atoms with Crippen LogP contribution < -0.4 is 10.6 Å². The van der Waals surface area contributed by atoms with Gasteiger partial charge in [0.15, 0.2) is 5.11 Å². The van der Waals surface area contributed by atoms with Gasteiger partial charge in [0, 0.05) is 23.3 Å². The van der Waals surface area contributed by atoms with Gasteiger partial charge in [-0.05, 0) is 43.8 Å². The van der Waals surface area contributed by atoms with Gasteiger partial charge in [0.05, 0.1) is 18.7 Å². The molecule has 1 atom stereocenters. The topological polar surface area (TPSA) is 70.7 Å². The van der Waals surface area contributed by atoms with Crippen molar-refractivity contribution in [3.63, 3.8) is 0 Å². The molecule has 6 nitrogen and oxygen atoms in total. The summed E-state index contributed by atoms with van der Waals surface area (Å²) in [5.41, 5.74) is 2.40. The van der Waals surface area contributed by atoms with Gasteiger partial charge in [0.2, 0.25) is 5.91 Å². The van der Waals surface area contributed by atoms with Gasteiger partial charge in [0.25, 0.3) is 0 Å². The minimum atomic E-state index is -0.475. The number of nitrogens with one attached hydrogen (secondary N) is 2. The van der Waals surface area contributed by atoms with Crippen molar-refractivity contribution in [2.75, 3.05) is 19.0 Å². The van der Waals surface area contributed by atoms with Crippen molar-refractivity contribution >= 4 is 34.9 Å². The van der Waals surface area contributed by atoms with Gasteiger partial charge in [-0.25, -0.2) is 4.79 Å². The summed E-state index contributed by atoms with van der Waals surface area (Å²) in [5, 5.41) is 6.69. The van der Waals surface area contributed by atoms with Crippen LogP contribution in [-0.4, -0.2) is 35.5 Å². The fraction of sp³-hybridized carbons (Fsp3) is 0.450. The van der Waals surface area contributed by atoms with E-state index in [9.17, 15) is 9.59 Å². The van der Waals surface area contributed by atoms with E-state index in [2.05, 4.69) is 10.6 Å². The van der Waals surface area contributed by atoms with Crippen LogP contribution in [0.25, 0.3) is 0 Å². The lowest BCUT2D eigenvalue weighted by molar-refractivity contribution is -0.136. The maximum absolute atomic E-state index is 12.4. The van der Waals surface area contributed by atoms with E-state index < -0.39 is 17.4 Å². The fourth-order valence-corrected chi connectivity index (χ4v) is 3.25. The van der Waals surface area contributed by atoms with Crippen molar-refractivity contribution in [1.82, 2.24) is 10.2 Å². The van der Waals surface area contributed by atoms with Crippen molar-refractivity contribution in [3.05, 3.63) is 41.1 Å². The average Bonchev–Trinajstić information content (AvgIpc) is 2.61. The van der Waals surface area contributed by atoms with Gasteiger partial charge in [-0.1, -0.05) is 32.9 Å². The minimum Gasteiger partial charge on any atom is -0.466 e. The Kier molecular flexibility index (Phi) is 6.26. The van der Waals surface area contributed by atoms with E-state index in [1.807, 2.05) is 63.8 Å². The number of thiocarbonyl (C=S) groups is 1. The Morgan fingerprint density at radius 3 is 2.33 bits per heavy atom. The molecule has 1 amide bonds. The zero-order valence-electron chi connectivity index (χ0n) is 16.7. The van der Waals surface area contributed by atoms with E-state index in [0.29, 0.717) is 22.9 Å². The molecule has 7 heteroatoms. The molecule has 1 aliphatic rings. The summed E-state index contributed by atoms with van der Waals surface area (Å²) in [4.78, 5) is 26.4. The summed E-state index contributed by atoms with van der Waals surface area (Å²) >= 11 is 5.45. The summed E-state index contributed by atoms with van der Waals surface area (Å²) in [5.74, 6) is -0.451. The highest BCUT2D eigenvalue weighted by Crippen LogP contribution is 2.32. The van der Waals surface area contributed by atoms with Crippen molar-refractivity contribution < 1.29 is 14.3 Å². The number of anilines is 1. The second-order valence-corrected chi connectivity index (χ2v) is 7.83. The van der Waals surface area contributed by atoms with Gasteiger partial charge in [-0.3, -0.25) is 4.79 Å². The highest BCUT2D eigenvalue weighted by Gasteiger charge is 2.34.